The zero-order chi connectivity index (χ0) is 12.1. The van der Waals surface area contributed by atoms with Crippen LogP contribution >= 0.6 is 31.9 Å². The van der Waals surface area contributed by atoms with E-state index in [4.69, 9.17) is 0 Å². The molecule has 0 amide bonds. The molecule has 0 fully saturated rings. The molecular formula is C13H17Br2F. The summed E-state index contributed by atoms with van der Waals surface area (Å²) in [7, 11) is 0. The van der Waals surface area contributed by atoms with Gasteiger partial charge in [0, 0.05) is 9.30 Å². The standard InChI is InChI=1S/C13H17Br2F/c1-9(2)7-11(14)5-3-10-4-6-12(16)8-13(10)15/h4,6,8-9,11H,3,5,7H2,1-2H3. The van der Waals surface area contributed by atoms with Crippen LogP contribution < -0.4 is 0 Å². The summed E-state index contributed by atoms with van der Waals surface area (Å²) in [5.74, 6) is 0.522. The van der Waals surface area contributed by atoms with Gasteiger partial charge in [0.25, 0.3) is 0 Å². The third-order valence-corrected chi connectivity index (χ3v) is 4.04. The molecule has 0 saturated carbocycles. The highest BCUT2D eigenvalue weighted by molar-refractivity contribution is 9.10. The lowest BCUT2D eigenvalue weighted by atomic mass is 10.0. The first-order valence-corrected chi connectivity index (χ1v) is 7.28. The Morgan fingerprint density at radius 3 is 2.56 bits per heavy atom. The molecule has 0 radical (unpaired) electrons. The zero-order valence-electron chi connectivity index (χ0n) is 9.64. The third-order valence-electron chi connectivity index (χ3n) is 2.47. The fourth-order valence-electron chi connectivity index (χ4n) is 1.67. The molecule has 0 bridgehead atoms. The van der Waals surface area contributed by atoms with Gasteiger partial charge >= 0.3 is 0 Å². The molecule has 0 saturated heterocycles. The van der Waals surface area contributed by atoms with E-state index in [0.29, 0.717) is 10.7 Å². The maximum atomic E-state index is 12.9. The van der Waals surface area contributed by atoms with Crippen molar-refractivity contribution in [2.75, 3.05) is 0 Å². The molecule has 3 heteroatoms. The van der Waals surface area contributed by atoms with Crippen LogP contribution in [0.2, 0.25) is 0 Å². The average Bonchev–Trinajstić information content (AvgIpc) is 2.15. The van der Waals surface area contributed by atoms with Crippen molar-refractivity contribution >= 4 is 31.9 Å². The normalized spacial score (nSPS) is 13.1. The van der Waals surface area contributed by atoms with E-state index in [0.717, 1.165) is 17.3 Å². The van der Waals surface area contributed by atoms with Crippen molar-refractivity contribution in [1.82, 2.24) is 0 Å². The number of hydrogen-bond acceptors (Lipinski definition) is 0. The fraction of sp³-hybridized carbons (Fsp3) is 0.538. The second-order valence-electron chi connectivity index (χ2n) is 4.50. The number of alkyl halides is 1. The van der Waals surface area contributed by atoms with Crippen molar-refractivity contribution in [3.05, 3.63) is 34.1 Å². The number of halogens is 3. The SMILES string of the molecule is CC(C)CC(Br)CCc1ccc(F)cc1Br. The summed E-state index contributed by atoms with van der Waals surface area (Å²) in [4.78, 5) is 0.546. The maximum Gasteiger partial charge on any atom is 0.124 e. The fourth-order valence-corrected chi connectivity index (χ4v) is 3.19. The van der Waals surface area contributed by atoms with Crippen LogP contribution in [-0.2, 0) is 6.42 Å². The summed E-state index contributed by atoms with van der Waals surface area (Å²) < 4.78 is 13.8. The van der Waals surface area contributed by atoms with Gasteiger partial charge in [-0.15, -0.1) is 0 Å². The van der Waals surface area contributed by atoms with E-state index < -0.39 is 0 Å². The second kappa shape index (κ2) is 6.75. The largest absolute Gasteiger partial charge is 0.207 e. The summed E-state index contributed by atoms with van der Waals surface area (Å²) in [5.41, 5.74) is 1.18. The van der Waals surface area contributed by atoms with E-state index in [1.165, 1.54) is 24.1 Å². The average molecular weight is 352 g/mol. The lowest BCUT2D eigenvalue weighted by Crippen LogP contribution is -2.04. The van der Waals surface area contributed by atoms with E-state index in [2.05, 4.69) is 45.7 Å². The van der Waals surface area contributed by atoms with Crippen LogP contribution in [-0.4, -0.2) is 4.83 Å². The predicted octanol–water partition coefficient (Wildman–Crippen LogP) is 5.33. The van der Waals surface area contributed by atoms with Gasteiger partial charge in [-0.3, -0.25) is 0 Å². The van der Waals surface area contributed by atoms with Gasteiger partial charge in [0.2, 0.25) is 0 Å². The van der Waals surface area contributed by atoms with E-state index in [-0.39, 0.29) is 5.82 Å². The molecule has 1 aromatic rings. The first-order chi connectivity index (χ1) is 7.49. The molecule has 90 valence electrons. The topological polar surface area (TPSA) is 0 Å². The van der Waals surface area contributed by atoms with Gasteiger partial charge in [0.15, 0.2) is 0 Å². The molecule has 1 unspecified atom stereocenters. The Balaban J connectivity index is 2.48. The van der Waals surface area contributed by atoms with Gasteiger partial charge in [-0.25, -0.2) is 4.39 Å². The second-order valence-corrected chi connectivity index (χ2v) is 6.65. The highest BCUT2D eigenvalue weighted by Gasteiger charge is 2.08. The molecule has 0 N–H and O–H groups in total. The first kappa shape index (κ1) is 14.2. The number of benzene rings is 1. The van der Waals surface area contributed by atoms with Crippen molar-refractivity contribution in [3.63, 3.8) is 0 Å². The molecular weight excluding hydrogens is 335 g/mol. The number of rotatable bonds is 5. The first-order valence-electron chi connectivity index (χ1n) is 5.57. The van der Waals surface area contributed by atoms with E-state index in [9.17, 15) is 4.39 Å². The Morgan fingerprint density at radius 1 is 1.31 bits per heavy atom. The van der Waals surface area contributed by atoms with Crippen LogP contribution in [0.4, 0.5) is 4.39 Å². The van der Waals surface area contributed by atoms with Crippen molar-refractivity contribution in [3.8, 4) is 0 Å². The molecule has 1 rings (SSSR count). The van der Waals surface area contributed by atoms with Crippen molar-refractivity contribution in [1.29, 1.82) is 0 Å². The highest BCUT2D eigenvalue weighted by Crippen LogP contribution is 2.23. The number of hydrogen-bond donors (Lipinski definition) is 0. The number of aryl methyl sites for hydroxylation is 1. The van der Waals surface area contributed by atoms with Gasteiger partial charge in [0.05, 0.1) is 0 Å². The van der Waals surface area contributed by atoms with Crippen LogP contribution in [0.1, 0.15) is 32.3 Å². The Kier molecular flexibility index (Phi) is 5.98. The van der Waals surface area contributed by atoms with Crippen LogP contribution in [0, 0.1) is 11.7 Å². The van der Waals surface area contributed by atoms with E-state index in [1.54, 1.807) is 0 Å². The van der Waals surface area contributed by atoms with Crippen molar-refractivity contribution in [2.24, 2.45) is 5.92 Å². The van der Waals surface area contributed by atoms with Crippen molar-refractivity contribution in [2.45, 2.75) is 37.9 Å². The summed E-state index contributed by atoms with van der Waals surface area (Å²) in [6.45, 7) is 4.45. The van der Waals surface area contributed by atoms with Gasteiger partial charge < -0.3 is 0 Å². The summed E-state index contributed by atoms with van der Waals surface area (Å²) in [6, 6.07) is 4.90. The zero-order valence-corrected chi connectivity index (χ0v) is 12.8. The molecule has 1 atom stereocenters. The minimum atomic E-state index is -0.187. The molecule has 16 heavy (non-hydrogen) atoms. The van der Waals surface area contributed by atoms with Crippen LogP contribution in [0.3, 0.4) is 0 Å². The highest BCUT2D eigenvalue weighted by atomic mass is 79.9. The molecule has 0 aliphatic carbocycles. The van der Waals surface area contributed by atoms with Gasteiger partial charge in [0.1, 0.15) is 5.82 Å². The lowest BCUT2D eigenvalue weighted by Gasteiger charge is -2.12. The molecule has 0 spiro atoms. The minimum absolute atomic E-state index is 0.187. The van der Waals surface area contributed by atoms with Gasteiger partial charge in [-0.05, 0) is 42.9 Å². The Bertz CT molecular complexity index is 337. The Hall–Kier alpha value is 0.110. The monoisotopic (exact) mass is 350 g/mol. The summed E-state index contributed by atoms with van der Waals surface area (Å²) in [5, 5.41) is 0. The van der Waals surface area contributed by atoms with Crippen molar-refractivity contribution < 1.29 is 4.39 Å². The molecule has 0 aromatic heterocycles. The van der Waals surface area contributed by atoms with Crippen LogP contribution in [0.15, 0.2) is 22.7 Å². The van der Waals surface area contributed by atoms with Crippen LogP contribution in [0.25, 0.3) is 0 Å². The Morgan fingerprint density at radius 2 is 2.00 bits per heavy atom. The third kappa shape index (κ3) is 4.96. The van der Waals surface area contributed by atoms with Crippen LogP contribution in [0.5, 0.6) is 0 Å². The van der Waals surface area contributed by atoms with Gasteiger partial charge in [-0.2, -0.15) is 0 Å². The molecule has 0 aliphatic rings. The molecule has 0 nitrogen and oxygen atoms in total. The molecule has 1 aromatic carbocycles. The molecule has 0 heterocycles. The van der Waals surface area contributed by atoms with Gasteiger partial charge in [-0.1, -0.05) is 51.8 Å². The predicted molar refractivity (Wildman–Crippen MR) is 74.6 cm³/mol. The Labute approximate surface area is 114 Å². The molecule has 0 aliphatic heterocycles. The maximum absolute atomic E-state index is 12.9. The summed E-state index contributed by atoms with van der Waals surface area (Å²) in [6.07, 6.45) is 3.24. The minimum Gasteiger partial charge on any atom is -0.207 e. The van der Waals surface area contributed by atoms with E-state index >= 15 is 0 Å². The lowest BCUT2D eigenvalue weighted by molar-refractivity contribution is 0.554. The summed E-state index contributed by atoms with van der Waals surface area (Å²) >= 11 is 7.08. The quantitative estimate of drug-likeness (QED) is 0.629. The van der Waals surface area contributed by atoms with E-state index in [1.807, 2.05) is 6.07 Å². The smallest absolute Gasteiger partial charge is 0.124 e.